The molecule has 4 nitrogen and oxygen atoms in total. The van der Waals surface area contributed by atoms with E-state index in [-0.39, 0.29) is 11.5 Å². The zero-order chi connectivity index (χ0) is 24.3. The Labute approximate surface area is 208 Å². The first-order valence-corrected chi connectivity index (χ1v) is 12.4. The highest BCUT2D eigenvalue weighted by Crippen LogP contribution is 2.28. The first-order chi connectivity index (χ1) is 17.0. The summed E-state index contributed by atoms with van der Waals surface area (Å²) in [6, 6.07) is 29.9. The highest BCUT2D eigenvalue weighted by atomic mass is 15.1. The van der Waals surface area contributed by atoms with Crippen molar-refractivity contribution >= 4 is 10.9 Å². The van der Waals surface area contributed by atoms with Crippen LogP contribution in [0.4, 0.5) is 0 Å². The molecule has 2 aromatic heterocycles. The van der Waals surface area contributed by atoms with Gasteiger partial charge in [-0.25, -0.2) is 4.98 Å². The molecule has 178 valence electrons. The molecule has 0 saturated carbocycles. The summed E-state index contributed by atoms with van der Waals surface area (Å²) >= 11 is 0. The Balaban J connectivity index is 1.54. The van der Waals surface area contributed by atoms with Gasteiger partial charge in [0.1, 0.15) is 5.82 Å². The summed E-state index contributed by atoms with van der Waals surface area (Å²) in [6.07, 6.45) is 5.25. The lowest BCUT2D eigenvalue weighted by Gasteiger charge is -2.20. The molecule has 35 heavy (non-hydrogen) atoms. The molecule has 0 radical (unpaired) electrons. The third-order valence-electron chi connectivity index (χ3n) is 6.58. The maximum atomic E-state index is 5.24. The average molecular weight is 463 g/mol. The first kappa shape index (κ1) is 23.1. The van der Waals surface area contributed by atoms with E-state index in [0.717, 1.165) is 31.0 Å². The average Bonchev–Trinajstić information content (AvgIpc) is 3.47. The second kappa shape index (κ2) is 9.93. The van der Waals surface area contributed by atoms with E-state index in [2.05, 4.69) is 133 Å². The predicted molar refractivity (Wildman–Crippen MR) is 144 cm³/mol. The van der Waals surface area contributed by atoms with E-state index >= 15 is 0 Å². The highest BCUT2D eigenvalue weighted by molar-refractivity contribution is 5.83. The summed E-state index contributed by atoms with van der Waals surface area (Å²) in [5.41, 5.74) is 6.12. The van der Waals surface area contributed by atoms with Crippen molar-refractivity contribution in [1.29, 1.82) is 0 Å². The van der Waals surface area contributed by atoms with Gasteiger partial charge in [-0.05, 0) is 29.2 Å². The fraction of sp³-hybridized carbons (Fsp3) is 0.258. The van der Waals surface area contributed by atoms with Gasteiger partial charge in [-0.1, -0.05) is 99.6 Å². The van der Waals surface area contributed by atoms with E-state index in [1.807, 2.05) is 0 Å². The van der Waals surface area contributed by atoms with Crippen molar-refractivity contribution in [2.45, 2.75) is 51.7 Å². The van der Waals surface area contributed by atoms with Crippen LogP contribution in [0.15, 0.2) is 97.3 Å². The molecule has 1 atom stereocenters. The molecule has 0 aliphatic heterocycles. The minimum Gasteiger partial charge on any atom is -0.361 e. The lowest BCUT2D eigenvalue weighted by molar-refractivity contribution is 0.483. The van der Waals surface area contributed by atoms with Crippen molar-refractivity contribution in [3.05, 3.63) is 126 Å². The van der Waals surface area contributed by atoms with Crippen LogP contribution < -0.4 is 5.32 Å². The summed E-state index contributed by atoms with van der Waals surface area (Å²) in [5.74, 6) is 1.08. The number of nitrogens with zero attached hydrogens (tertiary/aromatic N) is 2. The molecule has 0 unspecified atom stereocenters. The summed E-state index contributed by atoms with van der Waals surface area (Å²) in [6.45, 7) is 8.29. The second-order valence-electron chi connectivity index (χ2n) is 10.3. The molecule has 0 fully saturated rings. The Morgan fingerprint density at radius 2 is 1.51 bits per heavy atom. The highest BCUT2D eigenvalue weighted by Gasteiger charge is 2.25. The van der Waals surface area contributed by atoms with Crippen molar-refractivity contribution in [3.8, 4) is 0 Å². The van der Waals surface area contributed by atoms with Crippen molar-refractivity contribution in [3.63, 3.8) is 0 Å². The molecule has 0 amide bonds. The third-order valence-corrected chi connectivity index (χ3v) is 6.58. The molecule has 3 aromatic carbocycles. The van der Waals surface area contributed by atoms with E-state index in [0.29, 0.717) is 0 Å². The number of nitrogens with one attached hydrogen (secondary N) is 2. The zero-order valence-corrected chi connectivity index (χ0v) is 20.8. The van der Waals surface area contributed by atoms with Crippen molar-refractivity contribution in [2.75, 3.05) is 0 Å². The topological polar surface area (TPSA) is 45.6 Å². The summed E-state index contributed by atoms with van der Waals surface area (Å²) in [4.78, 5) is 8.69. The molecule has 0 spiro atoms. The number of H-pyrrole nitrogens is 1. The van der Waals surface area contributed by atoms with Gasteiger partial charge in [-0.2, -0.15) is 0 Å². The maximum Gasteiger partial charge on any atom is 0.126 e. The number of aromatic amines is 1. The number of para-hydroxylation sites is 1. The normalized spacial score (nSPS) is 12.8. The molecular formula is C31H34N4. The molecule has 2 heterocycles. The molecule has 0 aliphatic rings. The number of hydrogen-bond acceptors (Lipinski definition) is 2. The van der Waals surface area contributed by atoms with Gasteiger partial charge in [0, 0.05) is 41.8 Å². The predicted octanol–water partition coefficient (Wildman–Crippen LogP) is 6.78. The monoisotopic (exact) mass is 462 g/mol. The fourth-order valence-corrected chi connectivity index (χ4v) is 4.59. The van der Waals surface area contributed by atoms with Crippen LogP contribution in [0.3, 0.4) is 0 Å². The minimum absolute atomic E-state index is 0.0263. The number of benzene rings is 3. The van der Waals surface area contributed by atoms with E-state index in [9.17, 15) is 0 Å². The molecule has 2 N–H and O–H groups in total. The Morgan fingerprint density at radius 3 is 2.23 bits per heavy atom. The molecule has 0 saturated heterocycles. The quantitative estimate of drug-likeness (QED) is 0.267. The molecule has 0 aliphatic carbocycles. The van der Waals surface area contributed by atoms with Crippen LogP contribution >= 0.6 is 0 Å². The van der Waals surface area contributed by atoms with Crippen LogP contribution in [0.5, 0.6) is 0 Å². The summed E-state index contributed by atoms with van der Waals surface area (Å²) in [7, 11) is 0. The van der Waals surface area contributed by atoms with Gasteiger partial charge in [0.25, 0.3) is 0 Å². The Bertz CT molecular complexity index is 1370. The number of imidazole rings is 1. The van der Waals surface area contributed by atoms with E-state index < -0.39 is 0 Å². The van der Waals surface area contributed by atoms with Crippen LogP contribution in [0.1, 0.15) is 55.0 Å². The largest absolute Gasteiger partial charge is 0.361 e. The lowest BCUT2D eigenvalue weighted by atomic mass is 9.93. The number of aromatic nitrogens is 3. The van der Waals surface area contributed by atoms with Gasteiger partial charge in [0.2, 0.25) is 0 Å². The minimum atomic E-state index is -0.0263. The van der Waals surface area contributed by atoms with Crippen LogP contribution in [-0.4, -0.2) is 14.5 Å². The van der Waals surface area contributed by atoms with Crippen molar-refractivity contribution in [1.82, 2.24) is 19.9 Å². The molecule has 0 bridgehead atoms. The smallest absolute Gasteiger partial charge is 0.126 e. The van der Waals surface area contributed by atoms with Gasteiger partial charge in [0.15, 0.2) is 0 Å². The Hall–Kier alpha value is -3.63. The van der Waals surface area contributed by atoms with Gasteiger partial charge in [-0.3, -0.25) is 0 Å². The maximum absolute atomic E-state index is 5.24. The van der Waals surface area contributed by atoms with Gasteiger partial charge in [-0.15, -0.1) is 0 Å². The van der Waals surface area contributed by atoms with Crippen molar-refractivity contribution < 1.29 is 0 Å². The lowest BCUT2D eigenvalue weighted by Crippen LogP contribution is -2.26. The van der Waals surface area contributed by atoms with Crippen LogP contribution in [-0.2, 0) is 24.9 Å². The van der Waals surface area contributed by atoms with Gasteiger partial charge >= 0.3 is 0 Å². The van der Waals surface area contributed by atoms with E-state index in [4.69, 9.17) is 4.98 Å². The number of rotatable bonds is 8. The standard InChI is InChI=1S/C31H34N4/c1-31(2,3)29-22-35(21-24-14-8-5-9-15-24)30(34-29)28(32-19-23-12-6-4-7-13-23)18-25-20-33-27-17-11-10-16-26(25)27/h4-17,20,22,28,32-33H,18-19,21H2,1-3H3/t28-/m1/s1. The SMILES string of the molecule is CC(C)(C)c1cn(Cc2ccccc2)c([C@@H](Cc2c[nH]c3ccccc23)NCc2ccccc2)n1. The summed E-state index contributed by atoms with van der Waals surface area (Å²) < 4.78 is 2.34. The van der Waals surface area contributed by atoms with Crippen molar-refractivity contribution in [2.24, 2.45) is 0 Å². The molecule has 5 rings (SSSR count). The van der Waals surface area contributed by atoms with Crippen LogP contribution in [0, 0.1) is 0 Å². The van der Waals surface area contributed by atoms with Gasteiger partial charge in [0.05, 0.1) is 11.7 Å². The van der Waals surface area contributed by atoms with Gasteiger partial charge < -0.3 is 14.9 Å². The number of hydrogen-bond donors (Lipinski definition) is 2. The first-order valence-electron chi connectivity index (χ1n) is 12.4. The van der Waals surface area contributed by atoms with Crippen LogP contribution in [0.2, 0.25) is 0 Å². The zero-order valence-electron chi connectivity index (χ0n) is 20.8. The van der Waals surface area contributed by atoms with Crippen LogP contribution in [0.25, 0.3) is 10.9 Å². The van der Waals surface area contributed by atoms with E-state index in [1.54, 1.807) is 0 Å². The fourth-order valence-electron chi connectivity index (χ4n) is 4.59. The number of fused-ring (bicyclic) bond motifs is 1. The Kier molecular flexibility index (Phi) is 6.56. The Morgan fingerprint density at radius 1 is 0.857 bits per heavy atom. The van der Waals surface area contributed by atoms with E-state index in [1.165, 1.54) is 27.6 Å². The third kappa shape index (κ3) is 5.39. The second-order valence-corrected chi connectivity index (χ2v) is 10.3. The summed E-state index contributed by atoms with van der Waals surface area (Å²) in [5, 5.41) is 5.12. The molecule has 5 aromatic rings. The molecule has 4 heteroatoms. The molecular weight excluding hydrogens is 428 g/mol.